The van der Waals surface area contributed by atoms with Gasteiger partial charge in [0.05, 0.1) is 6.54 Å². The number of benzene rings is 1. The summed E-state index contributed by atoms with van der Waals surface area (Å²) in [5.74, 6) is -0.213. The first kappa shape index (κ1) is 16.3. The van der Waals surface area contributed by atoms with Crippen LogP contribution in [0, 0.1) is 6.92 Å². The predicted molar refractivity (Wildman–Crippen MR) is 93.6 cm³/mol. The average Bonchev–Trinajstić information content (AvgIpc) is 2.55. The van der Waals surface area contributed by atoms with Crippen molar-refractivity contribution in [2.24, 2.45) is 5.73 Å². The van der Waals surface area contributed by atoms with E-state index >= 15 is 0 Å². The Morgan fingerprint density at radius 3 is 2.61 bits per heavy atom. The lowest BCUT2D eigenvalue weighted by molar-refractivity contribution is -0.119. The second-order valence-corrected chi connectivity index (χ2v) is 6.81. The molecule has 126 valence electrons. The van der Waals surface area contributed by atoms with Gasteiger partial charge >= 0.3 is 0 Å². The molecule has 0 bridgehead atoms. The largest absolute Gasteiger partial charge is 0.369 e. The summed E-state index contributed by atoms with van der Waals surface area (Å²) in [6.45, 7) is 8.93. The molecule has 1 aromatic rings. The number of rotatable bonds is 4. The van der Waals surface area contributed by atoms with Gasteiger partial charge in [-0.2, -0.15) is 0 Å². The van der Waals surface area contributed by atoms with E-state index in [4.69, 9.17) is 5.73 Å². The molecule has 5 heteroatoms. The first-order valence-corrected chi connectivity index (χ1v) is 8.69. The molecule has 5 nitrogen and oxygen atoms in total. The maximum atomic E-state index is 11.1. The van der Waals surface area contributed by atoms with Crippen molar-refractivity contribution in [2.75, 3.05) is 50.7 Å². The van der Waals surface area contributed by atoms with Crippen LogP contribution in [-0.2, 0) is 4.79 Å². The molecule has 0 unspecified atom stereocenters. The van der Waals surface area contributed by atoms with Crippen LogP contribution >= 0.6 is 0 Å². The van der Waals surface area contributed by atoms with Gasteiger partial charge in [0.25, 0.3) is 0 Å². The van der Waals surface area contributed by atoms with E-state index in [1.807, 2.05) is 0 Å². The normalized spacial score (nSPS) is 23.9. The monoisotopic (exact) mass is 316 g/mol. The van der Waals surface area contributed by atoms with Crippen LogP contribution in [0.25, 0.3) is 0 Å². The zero-order valence-electron chi connectivity index (χ0n) is 14.1. The minimum atomic E-state index is -0.213. The lowest BCUT2D eigenvalue weighted by Gasteiger charge is -2.44. The Balaban J connectivity index is 1.54. The topological polar surface area (TPSA) is 52.8 Å². The Morgan fingerprint density at radius 2 is 1.91 bits per heavy atom. The van der Waals surface area contributed by atoms with Crippen LogP contribution in [-0.4, -0.2) is 67.6 Å². The predicted octanol–water partition coefficient (Wildman–Crippen LogP) is 1.07. The van der Waals surface area contributed by atoms with Gasteiger partial charge in [0.2, 0.25) is 5.91 Å². The lowest BCUT2D eigenvalue weighted by Crippen LogP contribution is -2.55. The second-order valence-electron chi connectivity index (χ2n) is 6.81. The average molecular weight is 316 g/mol. The summed E-state index contributed by atoms with van der Waals surface area (Å²) in [5, 5.41) is 0. The van der Waals surface area contributed by atoms with E-state index in [2.05, 4.69) is 45.9 Å². The summed E-state index contributed by atoms with van der Waals surface area (Å²) in [6, 6.07) is 9.20. The summed E-state index contributed by atoms with van der Waals surface area (Å²) in [4.78, 5) is 18.5. The van der Waals surface area contributed by atoms with Gasteiger partial charge in [0, 0.05) is 44.5 Å². The van der Waals surface area contributed by atoms with Crippen LogP contribution < -0.4 is 10.6 Å². The van der Waals surface area contributed by atoms with Crippen molar-refractivity contribution in [3.05, 3.63) is 29.8 Å². The third-order valence-corrected chi connectivity index (χ3v) is 5.15. The van der Waals surface area contributed by atoms with Crippen LogP contribution in [0.4, 0.5) is 5.69 Å². The molecule has 2 saturated heterocycles. The quantitative estimate of drug-likeness (QED) is 0.903. The number of carbonyl (C=O) groups excluding carboxylic acids is 1. The number of piperazine rings is 1. The maximum Gasteiger partial charge on any atom is 0.231 e. The molecule has 0 aliphatic carbocycles. The molecule has 0 aromatic heterocycles. The number of hydrogen-bond donors (Lipinski definition) is 1. The number of nitrogens with two attached hydrogens (primary N) is 1. The Hall–Kier alpha value is -1.59. The molecule has 23 heavy (non-hydrogen) atoms. The van der Waals surface area contributed by atoms with Gasteiger partial charge in [0.15, 0.2) is 0 Å². The highest BCUT2D eigenvalue weighted by molar-refractivity contribution is 5.75. The first-order valence-electron chi connectivity index (χ1n) is 8.69. The van der Waals surface area contributed by atoms with E-state index in [9.17, 15) is 4.79 Å². The van der Waals surface area contributed by atoms with Crippen molar-refractivity contribution in [1.29, 1.82) is 0 Å². The molecule has 0 saturated carbocycles. The first-order chi connectivity index (χ1) is 11.1. The third-order valence-electron chi connectivity index (χ3n) is 5.15. The fourth-order valence-electron chi connectivity index (χ4n) is 3.94. The molecule has 0 spiro atoms. The SMILES string of the molecule is Cc1ccccc1N1CCN([C@H]2CCCN(CC(N)=O)C2)CC1. The van der Waals surface area contributed by atoms with E-state index < -0.39 is 0 Å². The van der Waals surface area contributed by atoms with E-state index in [1.54, 1.807) is 0 Å². The number of likely N-dealkylation sites (tertiary alicyclic amines) is 1. The number of anilines is 1. The fraction of sp³-hybridized carbons (Fsp3) is 0.611. The van der Waals surface area contributed by atoms with Gasteiger partial charge in [-0.3, -0.25) is 14.6 Å². The van der Waals surface area contributed by atoms with Gasteiger partial charge in [-0.15, -0.1) is 0 Å². The Morgan fingerprint density at radius 1 is 1.17 bits per heavy atom. The number of nitrogens with zero attached hydrogens (tertiary/aromatic N) is 3. The smallest absolute Gasteiger partial charge is 0.231 e. The highest BCUT2D eigenvalue weighted by Gasteiger charge is 2.28. The van der Waals surface area contributed by atoms with Crippen LogP contribution in [0.5, 0.6) is 0 Å². The number of para-hydroxylation sites is 1. The van der Waals surface area contributed by atoms with Crippen molar-refractivity contribution in [3.63, 3.8) is 0 Å². The zero-order chi connectivity index (χ0) is 16.2. The number of piperidine rings is 1. The summed E-state index contributed by atoms with van der Waals surface area (Å²) < 4.78 is 0. The van der Waals surface area contributed by atoms with Crippen molar-refractivity contribution < 1.29 is 4.79 Å². The van der Waals surface area contributed by atoms with Gasteiger partial charge < -0.3 is 10.6 Å². The van der Waals surface area contributed by atoms with Gasteiger partial charge in [0.1, 0.15) is 0 Å². The summed E-state index contributed by atoms with van der Waals surface area (Å²) in [5.41, 5.74) is 8.06. The Bertz CT molecular complexity index is 540. The van der Waals surface area contributed by atoms with Crippen LogP contribution in [0.15, 0.2) is 24.3 Å². The summed E-state index contributed by atoms with van der Waals surface area (Å²) in [7, 11) is 0. The lowest BCUT2D eigenvalue weighted by atomic mass is 10.0. The molecule has 1 atom stereocenters. The summed E-state index contributed by atoms with van der Waals surface area (Å²) in [6.07, 6.45) is 2.40. The summed E-state index contributed by atoms with van der Waals surface area (Å²) >= 11 is 0. The van der Waals surface area contributed by atoms with Crippen molar-refractivity contribution in [1.82, 2.24) is 9.80 Å². The van der Waals surface area contributed by atoms with Crippen LogP contribution in [0.2, 0.25) is 0 Å². The molecule has 3 rings (SSSR count). The number of primary amides is 1. The molecule has 2 aliphatic rings. The number of aryl methyl sites for hydroxylation is 1. The van der Waals surface area contributed by atoms with Crippen LogP contribution in [0.1, 0.15) is 18.4 Å². The number of hydrogen-bond acceptors (Lipinski definition) is 4. The molecule has 1 aromatic carbocycles. The second kappa shape index (κ2) is 7.32. The van der Waals surface area contributed by atoms with E-state index in [0.717, 1.165) is 45.7 Å². The van der Waals surface area contributed by atoms with E-state index in [-0.39, 0.29) is 5.91 Å². The van der Waals surface area contributed by atoms with E-state index in [0.29, 0.717) is 12.6 Å². The molecule has 1 amide bonds. The molecule has 2 N–H and O–H groups in total. The highest BCUT2D eigenvalue weighted by Crippen LogP contribution is 2.23. The highest BCUT2D eigenvalue weighted by atomic mass is 16.1. The van der Waals surface area contributed by atoms with Crippen molar-refractivity contribution in [2.45, 2.75) is 25.8 Å². The minimum Gasteiger partial charge on any atom is -0.369 e. The molecule has 0 radical (unpaired) electrons. The van der Waals surface area contributed by atoms with E-state index in [1.165, 1.54) is 17.7 Å². The molecular weight excluding hydrogens is 288 g/mol. The van der Waals surface area contributed by atoms with Gasteiger partial charge in [-0.1, -0.05) is 18.2 Å². The van der Waals surface area contributed by atoms with Gasteiger partial charge in [-0.25, -0.2) is 0 Å². The Kier molecular flexibility index (Phi) is 5.18. The number of carbonyl (C=O) groups is 1. The number of amides is 1. The minimum absolute atomic E-state index is 0.213. The third kappa shape index (κ3) is 4.03. The fourth-order valence-corrected chi connectivity index (χ4v) is 3.94. The molecule has 2 heterocycles. The molecular formula is C18H28N4O. The molecule has 2 fully saturated rings. The zero-order valence-corrected chi connectivity index (χ0v) is 14.1. The standard InChI is InChI=1S/C18H28N4O/c1-15-5-2-3-7-17(15)22-11-9-21(10-12-22)16-6-4-8-20(13-16)14-18(19)23/h2-3,5,7,16H,4,6,8-14H2,1H3,(H2,19,23)/t16-/m0/s1. The Labute approximate surface area is 139 Å². The maximum absolute atomic E-state index is 11.1. The van der Waals surface area contributed by atoms with Crippen molar-refractivity contribution in [3.8, 4) is 0 Å². The van der Waals surface area contributed by atoms with Gasteiger partial charge in [-0.05, 0) is 37.9 Å². The molecule has 2 aliphatic heterocycles. The van der Waals surface area contributed by atoms with Crippen molar-refractivity contribution >= 4 is 11.6 Å². The van der Waals surface area contributed by atoms with Crippen LogP contribution in [0.3, 0.4) is 0 Å².